The molecule has 0 radical (unpaired) electrons. The zero-order valence-electron chi connectivity index (χ0n) is 12.4. The predicted octanol–water partition coefficient (Wildman–Crippen LogP) is 3.79. The van der Waals surface area contributed by atoms with Gasteiger partial charge in [-0.25, -0.2) is 0 Å². The smallest absolute Gasteiger partial charge is 0.416 e. The van der Waals surface area contributed by atoms with Crippen LogP contribution in [-0.4, -0.2) is 12.0 Å². The van der Waals surface area contributed by atoms with E-state index in [1.54, 1.807) is 0 Å². The SMILES string of the molecule is C[C@H](Oc1ccc(C(F)(F)F)cc1)C(=O)NCc1ccccc1. The lowest BCUT2D eigenvalue weighted by Crippen LogP contribution is -2.35. The van der Waals surface area contributed by atoms with Gasteiger partial charge in [-0.1, -0.05) is 30.3 Å². The van der Waals surface area contributed by atoms with Crippen LogP contribution in [0.1, 0.15) is 18.1 Å². The van der Waals surface area contributed by atoms with E-state index in [4.69, 9.17) is 4.74 Å². The molecule has 2 aromatic rings. The van der Waals surface area contributed by atoms with Crippen molar-refractivity contribution in [2.24, 2.45) is 0 Å². The third kappa shape index (κ3) is 5.02. The summed E-state index contributed by atoms with van der Waals surface area (Å²) in [5.41, 5.74) is 0.189. The van der Waals surface area contributed by atoms with Crippen LogP contribution in [0.5, 0.6) is 5.75 Å². The molecule has 3 nitrogen and oxygen atoms in total. The molecule has 2 rings (SSSR count). The molecule has 0 aliphatic carbocycles. The first-order valence-electron chi connectivity index (χ1n) is 7.02. The molecule has 0 aromatic heterocycles. The van der Waals surface area contributed by atoms with Crippen LogP contribution < -0.4 is 10.1 Å². The number of hydrogen-bond donors (Lipinski definition) is 1. The maximum Gasteiger partial charge on any atom is 0.416 e. The minimum absolute atomic E-state index is 0.209. The minimum atomic E-state index is -4.39. The van der Waals surface area contributed by atoms with Gasteiger partial charge >= 0.3 is 6.18 Å². The van der Waals surface area contributed by atoms with Crippen LogP contribution in [-0.2, 0) is 17.5 Å². The highest BCUT2D eigenvalue weighted by Crippen LogP contribution is 2.30. The van der Waals surface area contributed by atoms with Gasteiger partial charge in [0.15, 0.2) is 6.10 Å². The molecule has 0 spiro atoms. The van der Waals surface area contributed by atoms with Crippen LogP contribution in [0.25, 0.3) is 0 Å². The molecule has 0 saturated carbocycles. The Labute approximate surface area is 132 Å². The number of carbonyl (C=O) groups excluding carboxylic acids is 1. The van der Waals surface area contributed by atoms with Gasteiger partial charge in [-0.2, -0.15) is 13.2 Å². The number of amides is 1. The summed E-state index contributed by atoms with van der Waals surface area (Å²) in [4.78, 5) is 11.9. The zero-order chi connectivity index (χ0) is 16.9. The molecular weight excluding hydrogens is 307 g/mol. The first-order chi connectivity index (χ1) is 10.9. The van der Waals surface area contributed by atoms with Crippen molar-refractivity contribution >= 4 is 5.91 Å². The van der Waals surface area contributed by atoms with Crippen molar-refractivity contribution in [2.45, 2.75) is 25.7 Å². The number of rotatable bonds is 5. The lowest BCUT2D eigenvalue weighted by atomic mass is 10.2. The fourth-order valence-electron chi connectivity index (χ4n) is 1.91. The molecule has 0 fully saturated rings. The normalized spacial score (nSPS) is 12.5. The molecule has 23 heavy (non-hydrogen) atoms. The molecule has 2 aromatic carbocycles. The summed E-state index contributed by atoms with van der Waals surface area (Å²) in [7, 11) is 0. The van der Waals surface area contributed by atoms with Gasteiger partial charge in [-0.15, -0.1) is 0 Å². The maximum atomic E-state index is 12.5. The fourth-order valence-corrected chi connectivity index (χ4v) is 1.91. The second kappa shape index (κ2) is 7.17. The average Bonchev–Trinajstić information content (AvgIpc) is 2.53. The number of alkyl halides is 3. The van der Waals surface area contributed by atoms with Gasteiger partial charge in [0.1, 0.15) is 5.75 Å². The molecule has 1 atom stereocenters. The second-order valence-electron chi connectivity index (χ2n) is 4.99. The first-order valence-corrected chi connectivity index (χ1v) is 7.02. The summed E-state index contributed by atoms with van der Waals surface area (Å²) in [5.74, 6) is -0.130. The number of hydrogen-bond acceptors (Lipinski definition) is 2. The maximum absolute atomic E-state index is 12.5. The Morgan fingerprint density at radius 2 is 1.70 bits per heavy atom. The van der Waals surface area contributed by atoms with Crippen LogP contribution in [0.15, 0.2) is 54.6 Å². The van der Waals surface area contributed by atoms with E-state index in [0.717, 1.165) is 17.7 Å². The van der Waals surface area contributed by atoms with Crippen molar-refractivity contribution in [3.05, 3.63) is 65.7 Å². The number of nitrogens with one attached hydrogen (secondary N) is 1. The van der Waals surface area contributed by atoms with Crippen molar-refractivity contribution < 1.29 is 22.7 Å². The van der Waals surface area contributed by atoms with E-state index in [1.165, 1.54) is 19.1 Å². The Bertz CT molecular complexity index is 639. The van der Waals surface area contributed by atoms with Crippen LogP contribution in [0.2, 0.25) is 0 Å². The Kier molecular flexibility index (Phi) is 5.26. The molecule has 0 aliphatic rings. The van der Waals surface area contributed by atoms with E-state index in [1.807, 2.05) is 30.3 Å². The summed E-state index contributed by atoms with van der Waals surface area (Å²) in [6, 6.07) is 13.6. The van der Waals surface area contributed by atoms with Gasteiger partial charge < -0.3 is 10.1 Å². The van der Waals surface area contributed by atoms with Gasteiger partial charge in [-0.3, -0.25) is 4.79 Å². The predicted molar refractivity (Wildman–Crippen MR) is 79.8 cm³/mol. The van der Waals surface area contributed by atoms with E-state index in [9.17, 15) is 18.0 Å². The lowest BCUT2D eigenvalue weighted by molar-refractivity contribution is -0.137. The lowest BCUT2D eigenvalue weighted by Gasteiger charge is -2.15. The molecule has 0 aliphatic heterocycles. The average molecular weight is 323 g/mol. The van der Waals surface area contributed by atoms with Crippen molar-refractivity contribution in [3.8, 4) is 5.75 Å². The highest BCUT2D eigenvalue weighted by atomic mass is 19.4. The number of carbonyl (C=O) groups is 1. The van der Waals surface area contributed by atoms with Crippen molar-refractivity contribution in [3.63, 3.8) is 0 Å². The summed E-state index contributed by atoms with van der Waals surface area (Å²) in [6.07, 6.45) is -5.20. The van der Waals surface area contributed by atoms with Crippen LogP contribution in [0.3, 0.4) is 0 Å². The topological polar surface area (TPSA) is 38.3 Å². The Hall–Kier alpha value is -2.50. The molecule has 1 N–H and O–H groups in total. The minimum Gasteiger partial charge on any atom is -0.481 e. The molecule has 0 saturated heterocycles. The van der Waals surface area contributed by atoms with Crippen LogP contribution in [0, 0.1) is 0 Å². The number of halogens is 3. The Morgan fingerprint density at radius 1 is 1.09 bits per heavy atom. The number of ether oxygens (including phenoxy) is 1. The summed E-state index contributed by atoms with van der Waals surface area (Å²) in [5, 5.41) is 2.71. The highest BCUT2D eigenvalue weighted by molar-refractivity contribution is 5.80. The summed E-state index contributed by atoms with van der Waals surface area (Å²) >= 11 is 0. The Morgan fingerprint density at radius 3 is 2.26 bits per heavy atom. The third-order valence-electron chi connectivity index (χ3n) is 3.17. The fraction of sp³-hybridized carbons (Fsp3) is 0.235. The van der Waals surface area contributed by atoms with Crippen molar-refractivity contribution in [1.29, 1.82) is 0 Å². The Balaban J connectivity index is 1.88. The zero-order valence-corrected chi connectivity index (χ0v) is 12.4. The van der Waals surface area contributed by atoms with Crippen LogP contribution >= 0.6 is 0 Å². The molecule has 1 amide bonds. The molecule has 0 heterocycles. The third-order valence-corrected chi connectivity index (χ3v) is 3.17. The van der Waals surface area contributed by atoms with Gasteiger partial charge in [-0.05, 0) is 36.8 Å². The van der Waals surface area contributed by atoms with E-state index in [2.05, 4.69) is 5.32 Å². The number of benzene rings is 2. The van der Waals surface area contributed by atoms with E-state index < -0.39 is 17.8 Å². The second-order valence-corrected chi connectivity index (χ2v) is 4.99. The van der Waals surface area contributed by atoms with Crippen LogP contribution in [0.4, 0.5) is 13.2 Å². The molecule has 0 bridgehead atoms. The summed E-state index contributed by atoms with van der Waals surface area (Å²) in [6.45, 7) is 1.90. The van der Waals surface area contributed by atoms with Gasteiger partial charge in [0.05, 0.1) is 5.56 Å². The summed E-state index contributed by atoms with van der Waals surface area (Å²) < 4.78 is 42.8. The van der Waals surface area contributed by atoms with Crippen molar-refractivity contribution in [1.82, 2.24) is 5.32 Å². The van der Waals surface area contributed by atoms with E-state index in [0.29, 0.717) is 6.54 Å². The standard InChI is InChI=1S/C17H16F3NO2/c1-12(16(22)21-11-13-5-3-2-4-6-13)23-15-9-7-14(8-10-15)17(18,19)20/h2-10,12H,11H2,1H3,(H,21,22)/t12-/m0/s1. The quantitative estimate of drug-likeness (QED) is 0.909. The van der Waals surface area contributed by atoms with E-state index >= 15 is 0 Å². The largest absolute Gasteiger partial charge is 0.481 e. The molecular formula is C17H16F3NO2. The first kappa shape index (κ1) is 16.9. The molecule has 0 unspecified atom stereocenters. The van der Waals surface area contributed by atoms with Gasteiger partial charge in [0.2, 0.25) is 0 Å². The monoisotopic (exact) mass is 323 g/mol. The van der Waals surface area contributed by atoms with Crippen molar-refractivity contribution in [2.75, 3.05) is 0 Å². The highest BCUT2D eigenvalue weighted by Gasteiger charge is 2.30. The molecule has 6 heteroatoms. The van der Waals surface area contributed by atoms with Gasteiger partial charge in [0.25, 0.3) is 5.91 Å². The molecule has 122 valence electrons. The van der Waals surface area contributed by atoms with Gasteiger partial charge in [0, 0.05) is 6.54 Å². The van der Waals surface area contributed by atoms with E-state index in [-0.39, 0.29) is 11.7 Å².